The van der Waals surface area contributed by atoms with Gasteiger partial charge in [-0.15, -0.1) is 11.3 Å². The highest BCUT2D eigenvalue weighted by Crippen LogP contribution is 2.34. The Morgan fingerprint density at radius 3 is 2.71 bits per heavy atom. The van der Waals surface area contributed by atoms with Crippen LogP contribution in [0.3, 0.4) is 0 Å². The summed E-state index contributed by atoms with van der Waals surface area (Å²) in [6.07, 6.45) is -4.52. The van der Waals surface area contributed by atoms with Gasteiger partial charge in [-0.25, -0.2) is 4.98 Å². The number of nitrogens with one attached hydrogen (secondary N) is 1. The number of rotatable bonds is 4. The molecule has 4 nitrogen and oxygen atoms in total. The van der Waals surface area contributed by atoms with E-state index >= 15 is 0 Å². The maximum atomic E-state index is 12.9. The number of anilines is 1. The van der Waals surface area contributed by atoms with Gasteiger partial charge in [0.05, 0.1) is 22.0 Å². The van der Waals surface area contributed by atoms with Crippen LogP contribution in [0.15, 0.2) is 57.4 Å². The van der Waals surface area contributed by atoms with Crippen LogP contribution in [0.5, 0.6) is 0 Å². The van der Waals surface area contributed by atoms with Crippen LogP contribution in [0, 0.1) is 11.3 Å². The maximum absolute atomic E-state index is 12.9. The molecule has 1 N–H and O–H groups in total. The first-order valence-corrected chi connectivity index (χ1v) is 9.65. The zero-order valence-electron chi connectivity index (χ0n) is 13.8. The summed E-state index contributed by atoms with van der Waals surface area (Å²) in [5, 5.41) is 15.4. The van der Waals surface area contributed by atoms with E-state index in [1.165, 1.54) is 11.3 Å². The summed E-state index contributed by atoms with van der Waals surface area (Å²) < 4.78 is 39.4. The van der Waals surface area contributed by atoms with Crippen LogP contribution in [-0.2, 0) is 6.18 Å². The highest BCUT2D eigenvalue weighted by atomic mass is 79.9. The van der Waals surface area contributed by atoms with Gasteiger partial charge in [0.25, 0.3) is 0 Å². The monoisotopic (exact) mass is 484 g/mol. The molecular weight excluding hydrogens is 477 g/mol. The first kappa shape index (κ1) is 20.3. The molecule has 0 radical (unpaired) electrons. The quantitative estimate of drug-likeness (QED) is 0.335. The van der Waals surface area contributed by atoms with E-state index in [-0.39, 0.29) is 16.4 Å². The van der Waals surface area contributed by atoms with E-state index in [0.29, 0.717) is 10.7 Å². The highest BCUT2D eigenvalue weighted by Gasteiger charge is 2.31. The van der Waals surface area contributed by atoms with Crippen molar-refractivity contribution in [3.8, 4) is 17.3 Å². The minimum atomic E-state index is -4.52. The van der Waals surface area contributed by atoms with Crippen LogP contribution < -0.4 is 5.43 Å². The van der Waals surface area contributed by atoms with Gasteiger partial charge in [-0.2, -0.15) is 23.5 Å². The third-order valence-corrected chi connectivity index (χ3v) is 5.19. The van der Waals surface area contributed by atoms with Crippen LogP contribution in [0.25, 0.3) is 11.3 Å². The summed E-state index contributed by atoms with van der Waals surface area (Å²) in [7, 11) is 0. The third kappa shape index (κ3) is 4.70. The van der Waals surface area contributed by atoms with E-state index in [4.69, 9.17) is 11.6 Å². The number of aromatic nitrogens is 1. The second kappa shape index (κ2) is 8.31. The summed E-state index contributed by atoms with van der Waals surface area (Å²) in [5.74, 6) is 0. The van der Waals surface area contributed by atoms with Crippen molar-refractivity contribution >= 4 is 50.3 Å². The number of hydrogen-bond acceptors (Lipinski definition) is 5. The van der Waals surface area contributed by atoms with Gasteiger partial charge in [0, 0.05) is 15.4 Å². The average molecular weight is 486 g/mol. The number of nitriles is 1. The zero-order chi connectivity index (χ0) is 20.3. The van der Waals surface area contributed by atoms with E-state index in [9.17, 15) is 18.4 Å². The number of hydrazone groups is 1. The predicted octanol–water partition coefficient (Wildman–Crippen LogP) is 6.58. The largest absolute Gasteiger partial charge is 0.416 e. The predicted molar refractivity (Wildman–Crippen MR) is 107 cm³/mol. The molecule has 0 aliphatic heterocycles. The Balaban J connectivity index is 1.87. The molecule has 28 heavy (non-hydrogen) atoms. The van der Waals surface area contributed by atoms with Crippen molar-refractivity contribution < 1.29 is 13.2 Å². The number of nitrogens with zero attached hydrogens (tertiary/aromatic N) is 3. The van der Waals surface area contributed by atoms with Crippen molar-refractivity contribution in [1.29, 1.82) is 5.26 Å². The van der Waals surface area contributed by atoms with Crippen LogP contribution >= 0.6 is 38.9 Å². The Kier molecular flexibility index (Phi) is 6.03. The van der Waals surface area contributed by atoms with E-state index in [1.807, 2.05) is 30.3 Å². The van der Waals surface area contributed by atoms with Crippen molar-refractivity contribution in [2.24, 2.45) is 5.10 Å². The Morgan fingerprint density at radius 1 is 1.25 bits per heavy atom. The van der Waals surface area contributed by atoms with Gasteiger partial charge in [0.1, 0.15) is 6.07 Å². The zero-order valence-corrected chi connectivity index (χ0v) is 16.9. The Labute approximate surface area is 175 Å². The summed E-state index contributed by atoms with van der Waals surface area (Å²) >= 11 is 10.5. The van der Waals surface area contributed by atoms with Crippen molar-refractivity contribution in [2.45, 2.75) is 6.18 Å². The number of halogens is 5. The molecule has 10 heteroatoms. The van der Waals surface area contributed by atoms with Gasteiger partial charge in [-0.3, -0.25) is 5.43 Å². The van der Waals surface area contributed by atoms with Crippen LogP contribution in [0.2, 0.25) is 5.02 Å². The second-order valence-corrected chi connectivity index (χ2v) is 7.61. The average Bonchev–Trinajstić information content (AvgIpc) is 3.12. The number of alkyl halides is 3. The molecule has 3 aromatic rings. The first-order chi connectivity index (χ1) is 13.3. The molecule has 1 heterocycles. The fraction of sp³-hybridized carbons (Fsp3) is 0.0556. The maximum Gasteiger partial charge on any atom is 0.416 e. The van der Waals surface area contributed by atoms with E-state index in [2.05, 4.69) is 31.4 Å². The van der Waals surface area contributed by atoms with Crippen molar-refractivity contribution in [3.63, 3.8) is 0 Å². The lowest BCUT2D eigenvalue weighted by Gasteiger charge is -2.10. The van der Waals surface area contributed by atoms with Crippen molar-refractivity contribution in [1.82, 2.24) is 4.98 Å². The van der Waals surface area contributed by atoms with Crippen LogP contribution in [-0.4, -0.2) is 10.7 Å². The molecule has 1 aromatic heterocycles. The molecule has 142 valence electrons. The topological polar surface area (TPSA) is 61.1 Å². The van der Waals surface area contributed by atoms with E-state index in [1.54, 1.807) is 5.38 Å². The number of benzene rings is 2. The molecular formula is C18H9BrClF3N4S. The lowest BCUT2D eigenvalue weighted by atomic mass is 10.2. The molecule has 0 aliphatic rings. The normalized spacial score (nSPS) is 11.9. The van der Waals surface area contributed by atoms with Crippen LogP contribution in [0.4, 0.5) is 18.9 Å². The molecule has 3 rings (SSSR count). The minimum absolute atomic E-state index is 0.0444. The minimum Gasteiger partial charge on any atom is -0.276 e. The molecule has 0 unspecified atom stereocenters. The molecule has 0 saturated carbocycles. The van der Waals surface area contributed by atoms with Gasteiger partial charge < -0.3 is 0 Å². The summed E-state index contributed by atoms with van der Waals surface area (Å²) in [5.41, 5.74) is 2.92. The Hall–Kier alpha value is -2.41. The van der Waals surface area contributed by atoms with Crippen molar-refractivity contribution in [2.75, 3.05) is 5.43 Å². The Morgan fingerprint density at radius 2 is 2.04 bits per heavy atom. The molecule has 0 fully saturated rings. The fourth-order valence-electron chi connectivity index (χ4n) is 2.19. The smallest absolute Gasteiger partial charge is 0.276 e. The third-order valence-electron chi connectivity index (χ3n) is 3.51. The Bertz CT molecular complexity index is 1090. The van der Waals surface area contributed by atoms with Gasteiger partial charge in [-0.05, 0) is 30.3 Å². The molecule has 0 spiro atoms. The molecule has 0 bridgehead atoms. The molecule has 0 atom stereocenters. The van der Waals surface area contributed by atoms with Crippen molar-refractivity contribution in [3.05, 3.63) is 67.9 Å². The fourth-order valence-corrected chi connectivity index (χ4v) is 3.51. The van der Waals surface area contributed by atoms with Gasteiger partial charge in [0.2, 0.25) is 0 Å². The molecule has 0 aliphatic carbocycles. The summed E-state index contributed by atoms with van der Waals surface area (Å²) in [6.45, 7) is 0. The number of hydrogen-bond donors (Lipinski definition) is 1. The second-order valence-electron chi connectivity index (χ2n) is 5.42. The first-order valence-electron chi connectivity index (χ1n) is 7.60. The lowest BCUT2D eigenvalue weighted by Crippen LogP contribution is -2.06. The highest BCUT2D eigenvalue weighted by molar-refractivity contribution is 9.10. The summed E-state index contributed by atoms with van der Waals surface area (Å²) in [6, 6.07) is 12.2. The molecule has 0 saturated heterocycles. The summed E-state index contributed by atoms with van der Waals surface area (Å²) in [4.78, 5) is 4.38. The van der Waals surface area contributed by atoms with Crippen LogP contribution in [0.1, 0.15) is 10.6 Å². The SMILES string of the molecule is N#C/C(=N/Nc1cc(C(F)(F)F)ccc1Cl)c1nc(-c2cccc(Br)c2)cs1. The van der Waals surface area contributed by atoms with E-state index < -0.39 is 11.7 Å². The molecule has 2 aromatic carbocycles. The van der Waals surface area contributed by atoms with E-state index in [0.717, 1.165) is 28.2 Å². The van der Waals surface area contributed by atoms with Gasteiger partial charge in [-0.1, -0.05) is 39.7 Å². The molecule has 0 amide bonds. The number of thiazole rings is 1. The standard InChI is InChI=1S/C18H9BrClF3N4S/c19-12-3-1-2-10(6-12)16-9-28-17(25-16)15(8-24)27-26-14-7-11(18(21,22)23)4-5-13(14)20/h1-7,9,26H/b27-15-. The van der Waals surface area contributed by atoms with Gasteiger partial charge >= 0.3 is 6.18 Å². The lowest BCUT2D eigenvalue weighted by molar-refractivity contribution is -0.137. The van der Waals surface area contributed by atoms with Gasteiger partial charge in [0.15, 0.2) is 10.7 Å².